The van der Waals surface area contributed by atoms with Crippen molar-refractivity contribution in [3.05, 3.63) is 29.6 Å². The molecular weight excluding hydrogens is 290 g/mol. The highest BCUT2D eigenvalue weighted by Crippen LogP contribution is 2.27. The lowest BCUT2D eigenvalue weighted by Crippen LogP contribution is -2.36. The van der Waals surface area contributed by atoms with Gasteiger partial charge in [-0.05, 0) is 64.6 Å². The fourth-order valence-corrected chi connectivity index (χ4v) is 2.83. The summed E-state index contributed by atoms with van der Waals surface area (Å²) in [6.07, 6.45) is 5.97. The normalized spacial score (nSPS) is 17.5. The summed E-state index contributed by atoms with van der Waals surface area (Å²) in [5.41, 5.74) is 2.11. The van der Waals surface area contributed by atoms with Crippen LogP contribution in [0.4, 0.5) is 4.79 Å². The van der Waals surface area contributed by atoms with Crippen LogP contribution in [0.5, 0.6) is 0 Å². The number of ether oxygens (including phenoxy) is 1. The van der Waals surface area contributed by atoms with Crippen LogP contribution in [0.3, 0.4) is 0 Å². The van der Waals surface area contributed by atoms with E-state index in [2.05, 4.69) is 16.4 Å². The number of aryl methyl sites for hydroxylation is 1. The van der Waals surface area contributed by atoms with Crippen LogP contribution in [0.2, 0.25) is 0 Å². The summed E-state index contributed by atoms with van der Waals surface area (Å²) in [6, 6.07) is 4.52. The molecule has 0 aliphatic heterocycles. The molecule has 128 valence electrons. The van der Waals surface area contributed by atoms with Crippen molar-refractivity contribution in [2.75, 3.05) is 20.1 Å². The fourth-order valence-electron chi connectivity index (χ4n) is 2.83. The Kier molecular flexibility index (Phi) is 5.99. The maximum atomic E-state index is 11.9. The molecule has 1 heterocycles. The molecule has 1 aliphatic carbocycles. The van der Waals surface area contributed by atoms with E-state index in [0.717, 1.165) is 25.8 Å². The Bertz CT molecular complexity index is 525. The average molecular weight is 319 g/mol. The first-order valence-corrected chi connectivity index (χ1v) is 8.48. The van der Waals surface area contributed by atoms with E-state index in [1.165, 1.54) is 17.7 Å². The van der Waals surface area contributed by atoms with E-state index in [-0.39, 0.29) is 6.09 Å². The Morgan fingerprint density at radius 2 is 2.26 bits per heavy atom. The van der Waals surface area contributed by atoms with Crippen molar-refractivity contribution < 1.29 is 9.53 Å². The van der Waals surface area contributed by atoms with Gasteiger partial charge in [0, 0.05) is 25.8 Å². The minimum atomic E-state index is -0.443. The molecule has 1 N–H and O–H groups in total. The second kappa shape index (κ2) is 7.77. The molecule has 1 aromatic rings. The number of fused-ring (bicyclic) bond motifs is 1. The molecule has 0 saturated carbocycles. The number of nitrogens with one attached hydrogen (secondary N) is 1. The molecule has 2 rings (SSSR count). The molecule has 1 aliphatic rings. The fraction of sp³-hybridized carbons (Fsp3) is 0.667. The predicted octanol–water partition coefficient (Wildman–Crippen LogP) is 3.31. The molecule has 5 nitrogen and oxygen atoms in total. The lowest BCUT2D eigenvalue weighted by Gasteiger charge is -2.26. The highest BCUT2D eigenvalue weighted by atomic mass is 16.6. The number of pyridine rings is 1. The average Bonchev–Trinajstić information content (AvgIpc) is 2.49. The number of rotatable bonds is 5. The van der Waals surface area contributed by atoms with Gasteiger partial charge in [0.1, 0.15) is 5.60 Å². The zero-order valence-electron chi connectivity index (χ0n) is 14.8. The monoisotopic (exact) mass is 319 g/mol. The molecule has 0 radical (unpaired) electrons. The Morgan fingerprint density at radius 3 is 3.00 bits per heavy atom. The van der Waals surface area contributed by atoms with E-state index < -0.39 is 5.60 Å². The summed E-state index contributed by atoms with van der Waals surface area (Å²) < 4.78 is 5.35. The Labute approximate surface area is 139 Å². The minimum Gasteiger partial charge on any atom is -0.444 e. The van der Waals surface area contributed by atoms with E-state index in [4.69, 9.17) is 4.74 Å². The highest BCUT2D eigenvalue weighted by molar-refractivity contribution is 5.67. The number of hydrogen-bond donors (Lipinski definition) is 1. The van der Waals surface area contributed by atoms with Gasteiger partial charge in [0.2, 0.25) is 0 Å². The van der Waals surface area contributed by atoms with Crippen LogP contribution in [0, 0.1) is 0 Å². The molecule has 1 aromatic heterocycles. The Balaban J connectivity index is 1.73. The van der Waals surface area contributed by atoms with Gasteiger partial charge in [-0.1, -0.05) is 6.07 Å². The SMILES string of the molecule is CN(CCCNC1CCCc2cccnc21)C(=O)OC(C)(C)C. The van der Waals surface area contributed by atoms with Crippen LogP contribution in [-0.4, -0.2) is 41.7 Å². The van der Waals surface area contributed by atoms with Gasteiger partial charge in [0.05, 0.1) is 5.69 Å². The zero-order chi connectivity index (χ0) is 16.9. The zero-order valence-corrected chi connectivity index (χ0v) is 14.8. The smallest absolute Gasteiger partial charge is 0.410 e. The second-order valence-corrected chi connectivity index (χ2v) is 7.20. The molecule has 0 fully saturated rings. The van der Waals surface area contributed by atoms with E-state index >= 15 is 0 Å². The molecule has 0 saturated heterocycles. The molecule has 0 aromatic carbocycles. The lowest BCUT2D eigenvalue weighted by atomic mass is 9.92. The Hall–Kier alpha value is -1.62. The van der Waals surface area contributed by atoms with Crippen molar-refractivity contribution in [2.45, 2.75) is 58.1 Å². The third-order valence-corrected chi connectivity index (χ3v) is 3.96. The van der Waals surface area contributed by atoms with Gasteiger partial charge < -0.3 is 15.0 Å². The van der Waals surface area contributed by atoms with Crippen LogP contribution in [0.1, 0.15) is 57.3 Å². The quantitative estimate of drug-likeness (QED) is 0.846. The predicted molar refractivity (Wildman–Crippen MR) is 91.4 cm³/mol. The molecule has 5 heteroatoms. The summed E-state index contributed by atoms with van der Waals surface area (Å²) in [5.74, 6) is 0. The van der Waals surface area contributed by atoms with Crippen LogP contribution in [-0.2, 0) is 11.2 Å². The van der Waals surface area contributed by atoms with Crippen LogP contribution in [0.15, 0.2) is 18.3 Å². The van der Waals surface area contributed by atoms with Gasteiger partial charge in [-0.15, -0.1) is 0 Å². The van der Waals surface area contributed by atoms with Crippen LogP contribution in [0.25, 0.3) is 0 Å². The summed E-state index contributed by atoms with van der Waals surface area (Å²) in [7, 11) is 1.78. The van der Waals surface area contributed by atoms with Gasteiger partial charge in [-0.2, -0.15) is 0 Å². The first-order valence-electron chi connectivity index (χ1n) is 8.48. The van der Waals surface area contributed by atoms with Crippen molar-refractivity contribution in [3.8, 4) is 0 Å². The third-order valence-electron chi connectivity index (χ3n) is 3.96. The maximum Gasteiger partial charge on any atom is 0.410 e. The first-order chi connectivity index (χ1) is 10.9. The van der Waals surface area contributed by atoms with E-state index in [0.29, 0.717) is 12.6 Å². The van der Waals surface area contributed by atoms with E-state index in [9.17, 15) is 4.79 Å². The number of carbonyl (C=O) groups excluding carboxylic acids is 1. The standard InChI is InChI=1S/C18H29N3O2/c1-18(2,3)23-17(22)21(4)13-7-12-19-15-10-5-8-14-9-6-11-20-16(14)15/h6,9,11,15,19H,5,7-8,10,12-13H2,1-4H3. The largest absolute Gasteiger partial charge is 0.444 e. The van der Waals surface area contributed by atoms with Gasteiger partial charge in [0.25, 0.3) is 0 Å². The highest BCUT2D eigenvalue weighted by Gasteiger charge is 2.21. The first kappa shape index (κ1) is 17.7. The molecule has 0 bridgehead atoms. The molecule has 1 amide bonds. The molecule has 1 unspecified atom stereocenters. The summed E-state index contributed by atoms with van der Waals surface area (Å²) in [5, 5.41) is 3.58. The molecule has 1 atom stereocenters. The van der Waals surface area contributed by atoms with Crippen LogP contribution < -0.4 is 5.32 Å². The number of carbonyl (C=O) groups is 1. The van der Waals surface area contributed by atoms with Crippen molar-refractivity contribution in [2.24, 2.45) is 0 Å². The summed E-state index contributed by atoms with van der Waals surface area (Å²) >= 11 is 0. The Morgan fingerprint density at radius 1 is 1.48 bits per heavy atom. The van der Waals surface area contributed by atoms with Crippen molar-refractivity contribution in [3.63, 3.8) is 0 Å². The molecule has 23 heavy (non-hydrogen) atoms. The van der Waals surface area contributed by atoms with Gasteiger partial charge in [-0.25, -0.2) is 4.79 Å². The van der Waals surface area contributed by atoms with Crippen molar-refractivity contribution in [1.82, 2.24) is 15.2 Å². The molecule has 0 spiro atoms. The molecular formula is C18H29N3O2. The number of hydrogen-bond acceptors (Lipinski definition) is 4. The third kappa shape index (κ3) is 5.50. The lowest BCUT2D eigenvalue weighted by molar-refractivity contribution is 0.0297. The van der Waals surface area contributed by atoms with Gasteiger partial charge in [0.15, 0.2) is 0 Å². The van der Waals surface area contributed by atoms with Crippen molar-refractivity contribution >= 4 is 6.09 Å². The van der Waals surface area contributed by atoms with Crippen LogP contribution >= 0.6 is 0 Å². The van der Waals surface area contributed by atoms with E-state index in [1.807, 2.05) is 33.0 Å². The topological polar surface area (TPSA) is 54.5 Å². The van der Waals surface area contributed by atoms with Gasteiger partial charge >= 0.3 is 6.09 Å². The minimum absolute atomic E-state index is 0.262. The number of nitrogens with zero attached hydrogens (tertiary/aromatic N) is 2. The van der Waals surface area contributed by atoms with Crippen molar-refractivity contribution in [1.29, 1.82) is 0 Å². The maximum absolute atomic E-state index is 11.9. The summed E-state index contributed by atoms with van der Waals surface area (Å²) in [4.78, 5) is 18.1. The summed E-state index contributed by atoms with van der Waals surface area (Å²) in [6.45, 7) is 7.20. The van der Waals surface area contributed by atoms with E-state index in [1.54, 1.807) is 11.9 Å². The van der Waals surface area contributed by atoms with Gasteiger partial charge in [-0.3, -0.25) is 4.98 Å². The number of aromatic nitrogens is 1. The number of amides is 1. The second-order valence-electron chi connectivity index (χ2n) is 7.20.